The van der Waals surface area contributed by atoms with Crippen LogP contribution < -0.4 is 14.9 Å². The van der Waals surface area contributed by atoms with Crippen molar-refractivity contribution in [2.24, 2.45) is 0 Å². The highest BCUT2D eigenvalue weighted by atomic mass is 35.5. The van der Waals surface area contributed by atoms with Crippen LogP contribution in [0.1, 0.15) is 53.1 Å². The van der Waals surface area contributed by atoms with Crippen molar-refractivity contribution in [3.8, 4) is 5.75 Å². The van der Waals surface area contributed by atoms with Gasteiger partial charge in [-0.2, -0.15) is 5.10 Å². The van der Waals surface area contributed by atoms with Gasteiger partial charge in [0.05, 0.1) is 21.8 Å². The van der Waals surface area contributed by atoms with Crippen LogP contribution in [0.2, 0.25) is 10.0 Å². The summed E-state index contributed by atoms with van der Waals surface area (Å²) >= 11 is 12.3. The summed E-state index contributed by atoms with van der Waals surface area (Å²) in [5.41, 5.74) is 0.799. The van der Waals surface area contributed by atoms with Gasteiger partial charge in [0.1, 0.15) is 17.3 Å². The number of ketones is 1. The smallest absolute Gasteiger partial charge is 0.393 e. The number of carbonyl (C=O) groups excluding carboxylic acids is 2. The van der Waals surface area contributed by atoms with E-state index in [1.54, 1.807) is 22.9 Å². The predicted octanol–water partition coefficient (Wildman–Crippen LogP) is 5.66. The Morgan fingerprint density at radius 3 is 2.41 bits per heavy atom. The molecule has 3 N–H and O–H groups in total. The van der Waals surface area contributed by atoms with Gasteiger partial charge in [0.15, 0.2) is 5.78 Å². The van der Waals surface area contributed by atoms with Gasteiger partial charge >= 0.3 is 7.67 Å². The van der Waals surface area contributed by atoms with E-state index in [1.807, 2.05) is 13.8 Å². The molecule has 2 aromatic carbocycles. The number of hydrogen-bond donors (Lipinski definition) is 3. The van der Waals surface area contributed by atoms with Gasteiger partial charge in [-0.15, -0.1) is 0 Å². The molecular weight excluding hydrogens is 567 g/mol. The Balaban J connectivity index is 1.38. The molecule has 13 heteroatoms. The molecule has 0 aliphatic carbocycles. The Kier molecular flexibility index (Phi) is 9.46. The number of aromatic amines is 1. The molecule has 0 saturated carbocycles. The van der Waals surface area contributed by atoms with Gasteiger partial charge in [0.25, 0.3) is 5.91 Å². The third kappa shape index (κ3) is 7.26. The molecule has 1 atom stereocenters. The highest BCUT2D eigenvalue weighted by Gasteiger charge is 2.37. The van der Waals surface area contributed by atoms with E-state index >= 15 is 0 Å². The van der Waals surface area contributed by atoms with Gasteiger partial charge in [0, 0.05) is 37.2 Å². The molecule has 1 aliphatic rings. The van der Waals surface area contributed by atoms with Crippen molar-refractivity contribution in [1.82, 2.24) is 25.3 Å². The van der Waals surface area contributed by atoms with Gasteiger partial charge in [-0.05, 0) is 63.1 Å². The summed E-state index contributed by atoms with van der Waals surface area (Å²) in [6.07, 6.45) is 2.35. The number of piperidine rings is 1. The fraction of sp³-hybridized carbons (Fsp3) is 0.346. The zero-order valence-corrected chi connectivity index (χ0v) is 23.8. The number of H-pyrrole nitrogens is 1. The van der Waals surface area contributed by atoms with Gasteiger partial charge in [-0.1, -0.05) is 29.3 Å². The van der Waals surface area contributed by atoms with Crippen LogP contribution in [-0.4, -0.2) is 51.7 Å². The Bertz CT molecular complexity index is 1360. The van der Waals surface area contributed by atoms with Gasteiger partial charge in [0.2, 0.25) is 0 Å². The molecule has 1 aliphatic heterocycles. The number of nitrogens with one attached hydrogen (secondary N) is 3. The van der Waals surface area contributed by atoms with E-state index in [4.69, 9.17) is 27.7 Å². The van der Waals surface area contributed by atoms with Crippen LogP contribution in [0, 0.1) is 5.82 Å². The molecule has 208 valence electrons. The van der Waals surface area contributed by atoms with Crippen LogP contribution in [0.25, 0.3) is 0 Å². The molecule has 1 unspecified atom stereocenters. The molecule has 4 rings (SSSR count). The minimum atomic E-state index is -3.49. The van der Waals surface area contributed by atoms with Crippen molar-refractivity contribution in [2.75, 3.05) is 13.1 Å². The molecular formula is C26H29Cl2FN5O4P. The van der Waals surface area contributed by atoms with Crippen molar-refractivity contribution in [2.45, 2.75) is 45.2 Å². The SMILES string of the molecule is CC(C)NP(=O)(Oc1ccc(F)cc1)N1CCC(NC(=O)c2[nH]ncc2CC(=O)c2c(Cl)cccc2Cl)CC1. The van der Waals surface area contributed by atoms with Crippen molar-refractivity contribution >= 4 is 42.6 Å². The first-order valence-electron chi connectivity index (χ1n) is 12.4. The Labute approximate surface area is 236 Å². The molecule has 2 heterocycles. The highest BCUT2D eigenvalue weighted by Crippen LogP contribution is 2.48. The molecule has 1 fully saturated rings. The predicted molar refractivity (Wildman–Crippen MR) is 148 cm³/mol. The minimum absolute atomic E-state index is 0.105. The maximum atomic E-state index is 13.8. The first-order valence-corrected chi connectivity index (χ1v) is 14.8. The molecule has 9 nitrogen and oxygen atoms in total. The lowest BCUT2D eigenvalue weighted by Gasteiger charge is -2.37. The zero-order chi connectivity index (χ0) is 28.2. The van der Waals surface area contributed by atoms with E-state index in [0.29, 0.717) is 37.2 Å². The largest absolute Gasteiger partial charge is 0.422 e. The van der Waals surface area contributed by atoms with Crippen molar-refractivity contribution in [3.05, 3.63) is 81.3 Å². The maximum Gasteiger partial charge on any atom is 0.393 e. The molecule has 0 spiro atoms. The first-order chi connectivity index (χ1) is 18.6. The molecule has 0 radical (unpaired) electrons. The average molecular weight is 596 g/mol. The van der Waals surface area contributed by atoms with Crippen LogP contribution in [0.15, 0.2) is 48.7 Å². The Morgan fingerprint density at radius 1 is 1.15 bits per heavy atom. The number of amides is 1. The molecule has 3 aromatic rings. The normalized spacial score (nSPS) is 16.2. The van der Waals surface area contributed by atoms with Crippen molar-refractivity contribution in [1.29, 1.82) is 0 Å². The number of aromatic nitrogens is 2. The summed E-state index contributed by atoms with van der Waals surface area (Å²) in [6, 6.07) is 9.84. The van der Waals surface area contributed by atoms with E-state index in [9.17, 15) is 18.5 Å². The van der Waals surface area contributed by atoms with Crippen LogP contribution >= 0.6 is 30.9 Å². The zero-order valence-electron chi connectivity index (χ0n) is 21.4. The van der Waals surface area contributed by atoms with Crippen LogP contribution in [0.4, 0.5) is 4.39 Å². The van der Waals surface area contributed by atoms with Crippen LogP contribution in [0.3, 0.4) is 0 Å². The summed E-state index contributed by atoms with van der Waals surface area (Å²) in [7, 11) is -3.49. The maximum absolute atomic E-state index is 13.8. The lowest BCUT2D eigenvalue weighted by atomic mass is 10.0. The van der Waals surface area contributed by atoms with E-state index in [2.05, 4.69) is 20.6 Å². The highest BCUT2D eigenvalue weighted by molar-refractivity contribution is 7.54. The summed E-state index contributed by atoms with van der Waals surface area (Å²) in [6.45, 7) is 4.51. The van der Waals surface area contributed by atoms with Gasteiger partial charge in [-0.3, -0.25) is 14.7 Å². The summed E-state index contributed by atoms with van der Waals surface area (Å²) in [4.78, 5) is 25.9. The lowest BCUT2D eigenvalue weighted by molar-refractivity contribution is 0.0916. The van der Waals surface area contributed by atoms with Gasteiger partial charge in [-0.25, -0.2) is 18.7 Å². The summed E-state index contributed by atoms with van der Waals surface area (Å²) in [5, 5.41) is 13.1. The molecule has 1 saturated heterocycles. The van der Waals surface area contributed by atoms with Gasteiger partial charge < -0.3 is 9.84 Å². The number of benzene rings is 2. The fourth-order valence-electron chi connectivity index (χ4n) is 4.33. The second-order valence-corrected chi connectivity index (χ2v) is 12.4. The Hall–Kier alpha value is -2.75. The van der Waals surface area contributed by atoms with Crippen LogP contribution in [-0.2, 0) is 11.0 Å². The second kappa shape index (κ2) is 12.6. The standard InChI is InChI=1S/C26H29Cl2FN5O4P/c1-16(2)33-39(37,38-20-8-6-18(29)7-9-20)34-12-10-19(11-13-34)31-26(36)25-17(15-30-32-25)14-23(35)24-21(27)4-3-5-22(24)28/h3-9,15-16,19H,10-14H2,1-2H3,(H,30,32)(H,31,36)(H,33,37). The number of Topliss-reactive ketones (excluding diaryl/α,β-unsaturated/α-hetero) is 1. The minimum Gasteiger partial charge on any atom is -0.422 e. The molecule has 1 aromatic heterocycles. The fourth-order valence-corrected chi connectivity index (χ4v) is 7.09. The van der Waals surface area contributed by atoms with Crippen LogP contribution in [0.5, 0.6) is 5.75 Å². The van der Waals surface area contributed by atoms with E-state index in [-0.39, 0.29) is 45.6 Å². The first kappa shape index (κ1) is 29.2. The monoisotopic (exact) mass is 595 g/mol. The third-order valence-corrected chi connectivity index (χ3v) is 9.26. The second-order valence-electron chi connectivity index (χ2n) is 9.52. The number of hydrogen-bond acceptors (Lipinski definition) is 5. The summed E-state index contributed by atoms with van der Waals surface area (Å²) in [5.74, 6) is -0.848. The Morgan fingerprint density at radius 2 is 1.79 bits per heavy atom. The number of rotatable bonds is 10. The third-order valence-electron chi connectivity index (χ3n) is 6.18. The quantitative estimate of drug-likeness (QED) is 0.204. The van der Waals surface area contributed by atoms with E-state index < -0.39 is 19.4 Å². The lowest BCUT2D eigenvalue weighted by Crippen LogP contribution is -2.46. The molecule has 0 bridgehead atoms. The summed E-state index contributed by atoms with van der Waals surface area (Å²) < 4.78 is 34.7. The number of halogens is 3. The number of carbonyl (C=O) groups is 2. The van der Waals surface area contributed by atoms with Crippen molar-refractivity contribution in [3.63, 3.8) is 0 Å². The topological polar surface area (TPSA) is 116 Å². The van der Waals surface area contributed by atoms with E-state index in [1.165, 1.54) is 30.5 Å². The number of nitrogens with zero attached hydrogens (tertiary/aromatic N) is 2. The molecule has 1 amide bonds. The average Bonchev–Trinajstić information content (AvgIpc) is 3.33. The van der Waals surface area contributed by atoms with E-state index in [0.717, 1.165) is 0 Å². The molecule has 39 heavy (non-hydrogen) atoms. The van der Waals surface area contributed by atoms with Crippen molar-refractivity contribution < 1.29 is 23.1 Å².